The number of hydrogen-bond acceptors (Lipinski definition) is 7. The Labute approximate surface area is 173 Å². The Kier molecular flexibility index (Phi) is 6.25. The summed E-state index contributed by atoms with van der Waals surface area (Å²) in [7, 11) is -3.37. The van der Waals surface area contributed by atoms with Crippen molar-refractivity contribution < 1.29 is 17.2 Å². The molecule has 2 aromatic heterocycles. The van der Waals surface area contributed by atoms with Crippen LogP contribution < -0.4 is 10.6 Å². The molecule has 0 aliphatic carbocycles. The summed E-state index contributed by atoms with van der Waals surface area (Å²) < 4.78 is 49.7. The van der Waals surface area contributed by atoms with E-state index in [1.807, 2.05) is 13.8 Å². The Hall–Kier alpha value is -3.14. The molecule has 2 N–H and O–H groups in total. The molecule has 0 atom stereocenters. The fourth-order valence-corrected chi connectivity index (χ4v) is 3.31. The summed E-state index contributed by atoms with van der Waals surface area (Å²) >= 11 is 0. The molecule has 0 saturated heterocycles. The van der Waals surface area contributed by atoms with Crippen LogP contribution in [0.25, 0.3) is 11.5 Å². The van der Waals surface area contributed by atoms with Crippen LogP contribution in [-0.4, -0.2) is 35.7 Å². The summed E-state index contributed by atoms with van der Waals surface area (Å²) in [6.07, 6.45) is -1.58. The van der Waals surface area contributed by atoms with E-state index in [1.165, 1.54) is 24.3 Å². The van der Waals surface area contributed by atoms with Crippen LogP contribution in [0.5, 0.6) is 0 Å². The number of nitrogens with one attached hydrogen (secondary N) is 2. The van der Waals surface area contributed by atoms with E-state index in [2.05, 4.69) is 25.6 Å². The lowest BCUT2D eigenvalue weighted by atomic mass is 10.2. The first-order valence-corrected chi connectivity index (χ1v) is 11.0. The van der Waals surface area contributed by atoms with Crippen LogP contribution in [0.1, 0.15) is 26.0 Å². The lowest BCUT2D eigenvalue weighted by molar-refractivity contribution is 0.146. The number of hydrogen-bond donors (Lipinski definition) is 2. The number of benzene rings is 1. The SMILES string of the molecule is CC(C)Nc1cc(Nc2cccc(S(C)(=O)=O)c2)nc(-c2cccc(C(F)F)n2)n1. The number of pyridine rings is 1. The first kappa shape index (κ1) is 21.6. The van der Waals surface area contributed by atoms with Crippen molar-refractivity contribution in [1.29, 1.82) is 0 Å². The first-order valence-electron chi connectivity index (χ1n) is 9.10. The van der Waals surface area contributed by atoms with Gasteiger partial charge in [0.2, 0.25) is 0 Å². The summed E-state index contributed by atoms with van der Waals surface area (Å²) in [5.74, 6) is 0.990. The monoisotopic (exact) mass is 433 g/mol. The van der Waals surface area contributed by atoms with E-state index < -0.39 is 16.3 Å². The van der Waals surface area contributed by atoms with Crippen LogP contribution in [0.2, 0.25) is 0 Å². The van der Waals surface area contributed by atoms with Gasteiger partial charge >= 0.3 is 0 Å². The number of nitrogens with zero attached hydrogens (tertiary/aromatic N) is 3. The molecular weight excluding hydrogens is 412 g/mol. The lowest BCUT2D eigenvalue weighted by Crippen LogP contribution is -2.12. The largest absolute Gasteiger partial charge is 0.368 e. The van der Waals surface area contributed by atoms with Gasteiger partial charge in [0.1, 0.15) is 23.0 Å². The number of sulfone groups is 1. The summed E-state index contributed by atoms with van der Waals surface area (Å²) in [5.41, 5.74) is 0.342. The van der Waals surface area contributed by atoms with E-state index >= 15 is 0 Å². The van der Waals surface area contributed by atoms with Gasteiger partial charge in [-0.15, -0.1) is 0 Å². The minimum atomic E-state index is -3.37. The number of aromatic nitrogens is 3. The number of rotatable bonds is 7. The van der Waals surface area contributed by atoms with Crippen LogP contribution >= 0.6 is 0 Å². The van der Waals surface area contributed by atoms with Gasteiger partial charge in [0.25, 0.3) is 6.43 Å². The van der Waals surface area contributed by atoms with Crippen molar-refractivity contribution >= 4 is 27.2 Å². The van der Waals surface area contributed by atoms with E-state index in [0.29, 0.717) is 17.3 Å². The van der Waals surface area contributed by atoms with E-state index in [4.69, 9.17) is 0 Å². The molecule has 0 radical (unpaired) electrons. The molecule has 158 valence electrons. The van der Waals surface area contributed by atoms with Gasteiger partial charge in [-0.2, -0.15) is 0 Å². The molecule has 0 bridgehead atoms. The van der Waals surface area contributed by atoms with Crippen LogP contribution in [0.3, 0.4) is 0 Å². The maximum absolute atomic E-state index is 13.0. The quantitative estimate of drug-likeness (QED) is 0.568. The third-order valence-corrected chi connectivity index (χ3v) is 5.03. The Balaban J connectivity index is 2.03. The zero-order valence-electron chi connectivity index (χ0n) is 16.6. The van der Waals surface area contributed by atoms with Gasteiger partial charge in [0, 0.05) is 24.1 Å². The molecule has 7 nitrogen and oxygen atoms in total. The molecule has 30 heavy (non-hydrogen) atoms. The van der Waals surface area contributed by atoms with Gasteiger partial charge in [-0.25, -0.2) is 32.2 Å². The third kappa shape index (κ3) is 5.47. The number of anilines is 3. The zero-order chi connectivity index (χ0) is 21.9. The predicted molar refractivity (Wildman–Crippen MR) is 112 cm³/mol. The highest BCUT2D eigenvalue weighted by molar-refractivity contribution is 7.90. The highest BCUT2D eigenvalue weighted by atomic mass is 32.2. The van der Waals surface area contributed by atoms with Gasteiger partial charge in [-0.3, -0.25) is 0 Å². The second kappa shape index (κ2) is 8.70. The van der Waals surface area contributed by atoms with E-state index in [-0.39, 0.29) is 28.1 Å². The number of alkyl halides is 2. The second-order valence-electron chi connectivity index (χ2n) is 6.93. The van der Waals surface area contributed by atoms with E-state index in [0.717, 1.165) is 6.26 Å². The van der Waals surface area contributed by atoms with Crippen LogP contribution in [-0.2, 0) is 9.84 Å². The average molecular weight is 433 g/mol. The van der Waals surface area contributed by atoms with E-state index in [1.54, 1.807) is 24.3 Å². The summed E-state index contributed by atoms with van der Waals surface area (Å²) in [4.78, 5) is 12.9. The van der Waals surface area contributed by atoms with Crippen LogP contribution in [0, 0.1) is 0 Å². The van der Waals surface area contributed by atoms with Crippen LogP contribution in [0.15, 0.2) is 53.4 Å². The second-order valence-corrected chi connectivity index (χ2v) is 8.95. The molecule has 3 aromatic rings. The summed E-state index contributed by atoms with van der Waals surface area (Å²) in [6, 6.07) is 12.3. The van der Waals surface area contributed by atoms with Gasteiger partial charge in [-0.1, -0.05) is 12.1 Å². The molecule has 0 fully saturated rings. The fraction of sp³-hybridized carbons (Fsp3) is 0.250. The first-order chi connectivity index (χ1) is 14.1. The topological polar surface area (TPSA) is 96.9 Å². The van der Waals surface area contributed by atoms with Crippen molar-refractivity contribution in [2.45, 2.75) is 31.2 Å². The molecule has 1 aromatic carbocycles. The summed E-state index contributed by atoms with van der Waals surface area (Å²) in [6.45, 7) is 3.86. The Morgan fingerprint density at radius 2 is 1.63 bits per heavy atom. The van der Waals surface area contributed by atoms with Gasteiger partial charge in [0.15, 0.2) is 15.7 Å². The van der Waals surface area contributed by atoms with Gasteiger partial charge < -0.3 is 10.6 Å². The molecular formula is C20H21F2N5O2S. The van der Waals surface area contributed by atoms with Crippen molar-refractivity contribution in [3.8, 4) is 11.5 Å². The van der Waals surface area contributed by atoms with Crippen molar-refractivity contribution in [3.05, 3.63) is 54.2 Å². The maximum Gasteiger partial charge on any atom is 0.280 e. The molecule has 0 amide bonds. The van der Waals surface area contributed by atoms with Crippen molar-refractivity contribution in [1.82, 2.24) is 15.0 Å². The van der Waals surface area contributed by atoms with Gasteiger partial charge in [-0.05, 0) is 44.2 Å². The Morgan fingerprint density at radius 1 is 0.933 bits per heavy atom. The van der Waals surface area contributed by atoms with Crippen LogP contribution in [0.4, 0.5) is 26.1 Å². The predicted octanol–water partition coefficient (Wildman–Crippen LogP) is 4.44. The van der Waals surface area contributed by atoms with Crippen molar-refractivity contribution in [2.24, 2.45) is 0 Å². The molecule has 0 aliphatic heterocycles. The fourth-order valence-electron chi connectivity index (χ4n) is 2.65. The average Bonchev–Trinajstić information content (AvgIpc) is 2.67. The minimum Gasteiger partial charge on any atom is -0.368 e. The highest BCUT2D eigenvalue weighted by Gasteiger charge is 2.14. The van der Waals surface area contributed by atoms with Gasteiger partial charge in [0.05, 0.1) is 4.90 Å². The van der Waals surface area contributed by atoms with Crippen molar-refractivity contribution in [3.63, 3.8) is 0 Å². The third-order valence-electron chi connectivity index (χ3n) is 3.92. The zero-order valence-corrected chi connectivity index (χ0v) is 17.4. The molecule has 3 rings (SSSR count). The maximum atomic E-state index is 13.0. The molecule has 0 spiro atoms. The Bertz CT molecular complexity index is 1150. The molecule has 2 heterocycles. The van der Waals surface area contributed by atoms with Crippen molar-refractivity contribution in [2.75, 3.05) is 16.9 Å². The van der Waals surface area contributed by atoms with E-state index in [9.17, 15) is 17.2 Å². The summed E-state index contributed by atoms with van der Waals surface area (Å²) in [5, 5.41) is 6.20. The molecule has 0 saturated carbocycles. The standard InChI is InChI=1S/C20H21F2N5O2S/c1-12(2)23-17-11-18(24-13-6-4-7-14(10-13)30(3,28)29)27-20(26-17)16-9-5-8-15(25-16)19(21)22/h4-12,19H,1-3H3,(H2,23,24,26,27). The molecule has 0 unspecified atom stereocenters. The molecule has 10 heteroatoms. The highest BCUT2D eigenvalue weighted by Crippen LogP contribution is 2.25. The lowest BCUT2D eigenvalue weighted by Gasteiger charge is -2.14. The molecule has 0 aliphatic rings. The normalized spacial score (nSPS) is 11.7. The minimum absolute atomic E-state index is 0.0644. The number of halogens is 2. The Morgan fingerprint density at radius 3 is 2.30 bits per heavy atom. The smallest absolute Gasteiger partial charge is 0.280 e.